The summed E-state index contributed by atoms with van der Waals surface area (Å²) in [4.78, 5) is 14.8. The van der Waals surface area contributed by atoms with Crippen molar-refractivity contribution in [1.82, 2.24) is 4.90 Å². The predicted octanol–water partition coefficient (Wildman–Crippen LogP) is 2.99. The summed E-state index contributed by atoms with van der Waals surface area (Å²) in [7, 11) is 0. The molecule has 0 unspecified atom stereocenters. The van der Waals surface area contributed by atoms with Gasteiger partial charge < -0.3 is 19.0 Å². The highest BCUT2D eigenvalue weighted by Crippen LogP contribution is 2.29. The Hall–Kier alpha value is -2.93. The van der Waals surface area contributed by atoms with Crippen LogP contribution in [-0.2, 0) is 36.5 Å². The van der Waals surface area contributed by atoms with E-state index >= 15 is 0 Å². The second-order valence-electron chi connectivity index (χ2n) is 8.31. The van der Waals surface area contributed by atoms with Gasteiger partial charge in [0.2, 0.25) is 11.2 Å². The van der Waals surface area contributed by atoms with Crippen molar-refractivity contribution in [2.45, 2.75) is 31.7 Å². The number of nitrogens with zero attached hydrogens (tertiary/aromatic N) is 1. The standard InChI is InChI=1S/C25H25NO5/c27-23-11-22(13-26-10-9-19-3-1-2-4-20(19)12-26)30-15-24(23)31-14-18-5-7-21(8-6-18)25(28)16-29-17-25/h1-8,11,15,28H,9-10,12-14,16-17H2. The van der Waals surface area contributed by atoms with Gasteiger partial charge in [-0.05, 0) is 28.7 Å². The first kappa shape index (κ1) is 20.0. The topological polar surface area (TPSA) is 72.1 Å². The molecule has 3 heterocycles. The van der Waals surface area contributed by atoms with E-state index in [1.54, 1.807) is 0 Å². The van der Waals surface area contributed by atoms with E-state index in [9.17, 15) is 9.90 Å². The molecule has 0 amide bonds. The lowest BCUT2D eigenvalue weighted by atomic mass is 9.91. The molecule has 0 radical (unpaired) electrons. The molecule has 6 nitrogen and oxygen atoms in total. The second-order valence-corrected chi connectivity index (χ2v) is 8.31. The summed E-state index contributed by atoms with van der Waals surface area (Å²) in [6.45, 7) is 3.28. The van der Waals surface area contributed by atoms with E-state index in [0.29, 0.717) is 25.5 Å². The number of fused-ring (bicyclic) bond motifs is 1. The van der Waals surface area contributed by atoms with Gasteiger partial charge in [-0.1, -0.05) is 48.5 Å². The highest BCUT2D eigenvalue weighted by molar-refractivity contribution is 5.30. The lowest BCUT2D eigenvalue weighted by Gasteiger charge is -2.36. The number of hydrogen-bond donors (Lipinski definition) is 1. The summed E-state index contributed by atoms with van der Waals surface area (Å²) >= 11 is 0. The molecule has 6 heteroatoms. The molecule has 0 aliphatic carbocycles. The average Bonchev–Trinajstić information content (AvgIpc) is 2.77. The number of benzene rings is 2. The van der Waals surface area contributed by atoms with Crippen LogP contribution in [0.2, 0.25) is 0 Å². The van der Waals surface area contributed by atoms with E-state index in [-0.39, 0.29) is 17.8 Å². The van der Waals surface area contributed by atoms with Crippen molar-refractivity contribution in [2.75, 3.05) is 19.8 Å². The van der Waals surface area contributed by atoms with Crippen LogP contribution >= 0.6 is 0 Å². The van der Waals surface area contributed by atoms with Gasteiger partial charge >= 0.3 is 0 Å². The molecular weight excluding hydrogens is 394 g/mol. The first-order valence-corrected chi connectivity index (χ1v) is 10.5. The zero-order valence-corrected chi connectivity index (χ0v) is 17.3. The molecule has 2 aliphatic heterocycles. The average molecular weight is 419 g/mol. The van der Waals surface area contributed by atoms with Gasteiger partial charge in [0.15, 0.2) is 0 Å². The molecule has 0 bridgehead atoms. The highest BCUT2D eigenvalue weighted by Gasteiger charge is 2.37. The van der Waals surface area contributed by atoms with Gasteiger partial charge in [0, 0.05) is 19.2 Å². The predicted molar refractivity (Wildman–Crippen MR) is 115 cm³/mol. The second kappa shape index (κ2) is 8.30. The van der Waals surface area contributed by atoms with Crippen molar-refractivity contribution in [3.8, 4) is 5.75 Å². The molecule has 160 valence electrons. The third kappa shape index (κ3) is 4.28. The van der Waals surface area contributed by atoms with E-state index in [0.717, 1.165) is 30.6 Å². The van der Waals surface area contributed by atoms with Crippen LogP contribution in [0.1, 0.15) is 28.0 Å². The van der Waals surface area contributed by atoms with E-state index in [2.05, 4.69) is 29.2 Å². The Balaban J connectivity index is 1.19. The quantitative estimate of drug-likeness (QED) is 0.662. The Labute approximate surface area is 180 Å². The minimum atomic E-state index is -0.882. The Bertz CT molecular complexity index is 1120. The highest BCUT2D eigenvalue weighted by atomic mass is 16.5. The van der Waals surface area contributed by atoms with Crippen molar-refractivity contribution in [2.24, 2.45) is 0 Å². The number of hydrogen-bond acceptors (Lipinski definition) is 6. The summed E-state index contributed by atoms with van der Waals surface area (Å²) in [6, 6.07) is 17.5. The lowest BCUT2D eigenvalue weighted by molar-refractivity contribution is -0.184. The Morgan fingerprint density at radius 2 is 1.84 bits per heavy atom. The van der Waals surface area contributed by atoms with E-state index in [1.165, 1.54) is 23.5 Å². The fourth-order valence-electron chi connectivity index (χ4n) is 4.07. The molecule has 31 heavy (non-hydrogen) atoms. The number of aliphatic hydroxyl groups is 1. The van der Waals surface area contributed by atoms with Crippen molar-refractivity contribution in [3.05, 3.63) is 99.1 Å². The van der Waals surface area contributed by atoms with Crippen LogP contribution in [0, 0.1) is 0 Å². The number of ether oxygens (including phenoxy) is 2. The summed E-state index contributed by atoms with van der Waals surface area (Å²) in [5.41, 5.74) is 3.39. The summed E-state index contributed by atoms with van der Waals surface area (Å²) in [5, 5.41) is 10.3. The SMILES string of the molecule is O=c1cc(CN2CCc3ccccc3C2)occ1OCc1ccc(C2(O)COC2)cc1. The molecule has 0 atom stereocenters. The van der Waals surface area contributed by atoms with Crippen molar-refractivity contribution in [3.63, 3.8) is 0 Å². The van der Waals surface area contributed by atoms with E-state index in [4.69, 9.17) is 13.9 Å². The minimum absolute atomic E-state index is 0.184. The van der Waals surface area contributed by atoms with Crippen LogP contribution in [0.15, 0.2) is 70.1 Å². The smallest absolute Gasteiger partial charge is 0.227 e. The third-order valence-corrected chi connectivity index (χ3v) is 6.01. The zero-order valence-electron chi connectivity index (χ0n) is 17.3. The first-order valence-electron chi connectivity index (χ1n) is 10.5. The monoisotopic (exact) mass is 419 g/mol. The van der Waals surface area contributed by atoms with Gasteiger partial charge in [0.25, 0.3) is 0 Å². The van der Waals surface area contributed by atoms with Gasteiger partial charge in [-0.2, -0.15) is 0 Å². The summed E-state index contributed by atoms with van der Waals surface area (Å²) in [6.07, 6.45) is 2.41. The molecule has 1 aromatic heterocycles. The summed E-state index contributed by atoms with van der Waals surface area (Å²) in [5.74, 6) is 0.833. The molecule has 0 spiro atoms. The van der Waals surface area contributed by atoms with Crippen LogP contribution in [0.25, 0.3) is 0 Å². The Kier molecular flexibility index (Phi) is 5.36. The van der Waals surface area contributed by atoms with Gasteiger partial charge in [-0.3, -0.25) is 9.69 Å². The largest absolute Gasteiger partial charge is 0.482 e. The third-order valence-electron chi connectivity index (χ3n) is 6.01. The minimum Gasteiger partial charge on any atom is -0.482 e. The van der Waals surface area contributed by atoms with Crippen LogP contribution in [-0.4, -0.2) is 29.8 Å². The Morgan fingerprint density at radius 3 is 2.55 bits per heavy atom. The maximum absolute atomic E-state index is 12.5. The molecule has 2 aliphatic rings. The maximum atomic E-state index is 12.5. The van der Waals surface area contributed by atoms with Crippen LogP contribution < -0.4 is 10.2 Å². The van der Waals surface area contributed by atoms with Crippen LogP contribution in [0.3, 0.4) is 0 Å². The zero-order chi connectivity index (χ0) is 21.3. The fourth-order valence-corrected chi connectivity index (χ4v) is 4.07. The molecule has 1 saturated heterocycles. The lowest BCUT2D eigenvalue weighted by Crippen LogP contribution is -2.46. The molecule has 3 aromatic rings. The van der Waals surface area contributed by atoms with Crippen LogP contribution in [0.5, 0.6) is 5.75 Å². The maximum Gasteiger partial charge on any atom is 0.227 e. The van der Waals surface area contributed by atoms with Gasteiger partial charge in [0.05, 0.1) is 19.8 Å². The Morgan fingerprint density at radius 1 is 1.06 bits per heavy atom. The van der Waals surface area contributed by atoms with E-state index < -0.39 is 5.60 Å². The fraction of sp³-hybridized carbons (Fsp3) is 0.320. The van der Waals surface area contributed by atoms with Gasteiger partial charge in [-0.15, -0.1) is 0 Å². The summed E-state index contributed by atoms with van der Waals surface area (Å²) < 4.78 is 16.5. The normalized spacial score (nSPS) is 17.6. The number of rotatable bonds is 6. The molecule has 1 fully saturated rings. The van der Waals surface area contributed by atoms with Crippen molar-refractivity contribution < 1.29 is 19.0 Å². The molecular formula is C25H25NO5. The van der Waals surface area contributed by atoms with Crippen molar-refractivity contribution >= 4 is 0 Å². The van der Waals surface area contributed by atoms with Crippen LogP contribution in [0.4, 0.5) is 0 Å². The molecule has 1 N–H and O–H groups in total. The van der Waals surface area contributed by atoms with Crippen molar-refractivity contribution in [1.29, 1.82) is 0 Å². The van der Waals surface area contributed by atoms with Gasteiger partial charge in [-0.25, -0.2) is 0 Å². The van der Waals surface area contributed by atoms with E-state index in [1.807, 2.05) is 24.3 Å². The molecule has 5 rings (SSSR count). The first-order chi connectivity index (χ1) is 15.1. The molecule has 0 saturated carbocycles. The molecule has 2 aromatic carbocycles. The van der Waals surface area contributed by atoms with Gasteiger partial charge in [0.1, 0.15) is 24.2 Å².